The molecule has 3 aromatic carbocycles. The van der Waals surface area contributed by atoms with Crippen LogP contribution >= 0.6 is 23.2 Å². The Kier molecular flexibility index (Phi) is 8.33. The Labute approximate surface area is 246 Å². The zero-order chi connectivity index (χ0) is 29.1. The standard InChI is InChI=1S/C31H26Cl2N2O6/c1-4-39-31(37)24(15-19-7-5-6-8-23(19)38-3)40-29-26-25(21-13-14-22(36)27(33)17(21)2)28(41-30(26)35-16-34-29)18-9-11-20(32)12-10-18/h5-14,16,24,36H,4,15H2,1-3H3. The van der Waals surface area contributed by atoms with Crippen LogP contribution in [0.5, 0.6) is 17.4 Å². The molecule has 0 saturated heterocycles. The van der Waals surface area contributed by atoms with E-state index in [1.165, 1.54) is 12.4 Å². The van der Waals surface area contributed by atoms with Gasteiger partial charge in [-0.05, 0) is 66.9 Å². The van der Waals surface area contributed by atoms with Crippen molar-refractivity contribution >= 4 is 40.3 Å². The van der Waals surface area contributed by atoms with Gasteiger partial charge in [-0.3, -0.25) is 0 Å². The topological polar surface area (TPSA) is 104 Å². The lowest BCUT2D eigenvalue weighted by molar-refractivity contribution is -0.151. The zero-order valence-corrected chi connectivity index (χ0v) is 24.0. The van der Waals surface area contributed by atoms with Gasteiger partial charge in [0, 0.05) is 22.6 Å². The lowest BCUT2D eigenvalue weighted by Gasteiger charge is -2.19. The smallest absolute Gasteiger partial charge is 0.347 e. The summed E-state index contributed by atoms with van der Waals surface area (Å²) in [6.07, 6.45) is 0.407. The number of ether oxygens (including phenoxy) is 3. The molecule has 0 saturated carbocycles. The summed E-state index contributed by atoms with van der Waals surface area (Å²) in [7, 11) is 1.56. The number of carbonyl (C=O) groups is 1. The first-order valence-corrected chi connectivity index (χ1v) is 13.5. The number of benzene rings is 3. The number of aromatic hydroxyl groups is 1. The number of phenols is 1. The Morgan fingerprint density at radius 2 is 1.80 bits per heavy atom. The second kappa shape index (κ2) is 12.1. The molecule has 41 heavy (non-hydrogen) atoms. The molecular formula is C31H26Cl2N2O6. The van der Waals surface area contributed by atoms with E-state index in [-0.39, 0.29) is 35.4 Å². The van der Waals surface area contributed by atoms with Crippen molar-refractivity contribution in [1.29, 1.82) is 0 Å². The van der Waals surface area contributed by atoms with Gasteiger partial charge in [-0.1, -0.05) is 47.5 Å². The predicted octanol–water partition coefficient (Wildman–Crippen LogP) is 7.44. The molecule has 5 rings (SSSR count). The maximum absolute atomic E-state index is 13.1. The fourth-order valence-corrected chi connectivity index (χ4v) is 4.90. The molecule has 0 bridgehead atoms. The molecule has 2 aromatic heterocycles. The van der Waals surface area contributed by atoms with Crippen molar-refractivity contribution in [3.05, 3.63) is 88.2 Å². The van der Waals surface area contributed by atoms with Crippen LogP contribution in [-0.4, -0.2) is 40.9 Å². The third-order valence-electron chi connectivity index (χ3n) is 6.60. The van der Waals surface area contributed by atoms with E-state index in [4.69, 9.17) is 41.8 Å². The van der Waals surface area contributed by atoms with Crippen molar-refractivity contribution in [2.45, 2.75) is 26.4 Å². The Bertz CT molecular complexity index is 1720. The van der Waals surface area contributed by atoms with Crippen molar-refractivity contribution < 1.29 is 28.5 Å². The number of furan rings is 1. The number of hydrogen-bond acceptors (Lipinski definition) is 8. The first-order valence-electron chi connectivity index (χ1n) is 12.8. The number of hydrogen-bond donors (Lipinski definition) is 1. The molecule has 210 valence electrons. The quantitative estimate of drug-likeness (QED) is 0.176. The average Bonchev–Trinajstić information content (AvgIpc) is 3.36. The molecule has 2 heterocycles. The number of phenolic OH excluding ortho intramolecular Hbond substituents is 1. The van der Waals surface area contributed by atoms with Gasteiger partial charge in [0.1, 0.15) is 29.0 Å². The van der Waals surface area contributed by atoms with Gasteiger partial charge in [0.2, 0.25) is 17.7 Å². The SMILES string of the molecule is CCOC(=O)C(Cc1ccccc1OC)Oc1ncnc2oc(-c3ccc(Cl)cc3)c(-c3ccc(O)c(Cl)c3C)c12. The minimum Gasteiger partial charge on any atom is -0.506 e. The van der Waals surface area contributed by atoms with Crippen LogP contribution in [0, 0.1) is 6.92 Å². The van der Waals surface area contributed by atoms with Gasteiger partial charge < -0.3 is 23.7 Å². The van der Waals surface area contributed by atoms with Crippen molar-refractivity contribution in [2.75, 3.05) is 13.7 Å². The van der Waals surface area contributed by atoms with Gasteiger partial charge >= 0.3 is 5.97 Å². The van der Waals surface area contributed by atoms with E-state index in [0.29, 0.717) is 44.2 Å². The number of carbonyl (C=O) groups excluding carboxylic acids is 1. The molecule has 1 atom stereocenters. The summed E-state index contributed by atoms with van der Waals surface area (Å²) in [4.78, 5) is 21.9. The zero-order valence-electron chi connectivity index (χ0n) is 22.5. The van der Waals surface area contributed by atoms with Crippen molar-refractivity contribution in [1.82, 2.24) is 9.97 Å². The van der Waals surface area contributed by atoms with E-state index in [1.807, 2.05) is 36.4 Å². The van der Waals surface area contributed by atoms with Gasteiger partial charge in [0.05, 0.1) is 18.7 Å². The minimum atomic E-state index is -1.06. The predicted molar refractivity (Wildman–Crippen MR) is 157 cm³/mol. The second-order valence-electron chi connectivity index (χ2n) is 9.12. The van der Waals surface area contributed by atoms with E-state index in [2.05, 4.69) is 9.97 Å². The largest absolute Gasteiger partial charge is 0.506 e. The van der Waals surface area contributed by atoms with Crippen LogP contribution in [0.4, 0.5) is 0 Å². The first kappa shape index (κ1) is 28.3. The Hall–Kier alpha value is -4.27. The molecule has 0 radical (unpaired) electrons. The molecule has 10 heteroatoms. The van der Waals surface area contributed by atoms with Gasteiger partial charge in [-0.15, -0.1) is 0 Å². The summed E-state index contributed by atoms with van der Waals surface area (Å²) in [5.41, 5.74) is 3.56. The van der Waals surface area contributed by atoms with Crippen LogP contribution in [0.1, 0.15) is 18.1 Å². The lowest BCUT2D eigenvalue weighted by atomic mass is 9.95. The van der Waals surface area contributed by atoms with E-state index >= 15 is 0 Å². The number of aromatic nitrogens is 2. The molecule has 0 fully saturated rings. The maximum Gasteiger partial charge on any atom is 0.347 e. The summed E-state index contributed by atoms with van der Waals surface area (Å²) in [5.74, 6) is 0.578. The molecule has 1 N–H and O–H groups in total. The second-order valence-corrected chi connectivity index (χ2v) is 9.93. The molecule has 0 spiro atoms. The molecule has 0 aliphatic heterocycles. The third kappa shape index (κ3) is 5.66. The molecular weight excluding hydrogens is 567 g/mol. The summed E-state index contributed by atoms with van der Waals surface area (Å²) < 4.78 is 23.4. The maximum atomic E-state index is 13.1. The average molecular weight is 593 g/mol. The Morgan fingerprint density at radius 3 is 2.54 bits per heavy atom. The number of fused-ring (bicyclic) bond motifs is 1. The van der Waals surface area contributed by atoms with Crippen molar-refractivity contribution in [2.24, 2.45) is 0 Å². The van der Waals surface area contributed by atoms with Crippen molar-refractivity contribution in [3.8, 4) is 39.8 Å². The fraction of sp³-hybridized carbons (Fsp3) is 0.194. The highest BCUT2D eigenvalue weighted by Gasteiger charge is 2.29. The van der Waals surface area contributed by atoms with Crippen LogP contribution in [0.15, 0.2) is 71.4 Å². The van der Waals surface area contributed by atoms with Gasteiger partial charge in [0.25, 0.3) is 0 Å². The summed E-state index contributed by atoms with van der Waals surface area (Å²) in [6.45, 7) is 3.69. The van der Waals surface area contributed by atoms with Gasteiger partial charge in [-0.2, -0.15) is 0 Å². The van der Waals surface area contributed by atoms with Crippen LogP contribution < -0.4 is 9.47 Å². The number of halogens is 2. The van der Waals surface area contributed by atoms with Crippen LogP contribution in [0.2, 0.25) is 10.0 Å². The molecule has 1 unspecified atom stereocenters. The first-order chi connectivity index (χ1) is 19.8. The Morgan fingerprint density at radius 1 is 1.05 bits per heavy atom. The number of methoxy groups -OCH3 is 1. The molecule has 5 aromatic rings. The normalized spacial score (nSPS) is 11.8. The highest BCUT2D eigenvalue weighted by molar-refractivity contribution is 6.33. The lowest BCUT2D eigenvalue weighted by Crippen LogP contribution is -2.32. The highest BCUT2D eigenvalue weighted by Crippen LogP contribution is 2.46. The Balaban J connectivity index is 1.71. The molecule has 8 nitrogen and oxygen atoms in total. The summed E-state index contributed by atoms with van der Waals surface area (Å²) in [6, 6.07) is 17.7. The van der Waals surface area contributed by atoms with Gasteiger partial charge in [0.15, 0.2) is 0 Å². The van der Waals surface area contributed by atoms with E-state index in [0.717, 1.165) is 5.56 Å². The third-order valence-corrected chi connectivity index (χ3v) is 7.33. The van der Waals surface area contributed by atoms with Gasteiger partial charge in [-0.25, -0.2) is 14.8 Å². The van der Waals surface area contributed by atoms with Crippen LogP contribution in [-0.2, 0) is 16.0 Å². The van der Waals surface area contributed by atoms with Crippen LogP contribution in [0.25, 0.3) is 33.6 Å². The highest BCUT2D eigenvalue weighted by atomic mass is 35.5. The fourth-order valence-electron chi connectivity index (χ4n) is 4.61. The summed E-state index contributed by atoms with van der Waals surface area (Å²) in [5, 5.41) is 11.4. The molecule has 0 aliphatic carbocycles. The molecule has 0 aliphatic rings. The number of nitrogens with zero attached hydrogens (tertiary/aromatic N) is 2. The van der Waals surface area contributed by atoms with E-state index in [9.17, 15) is 9.90 Å². The summed E-state index contributed by atoms with van der Waals surface area (Å²) >= 11 is 12.6. The van der Waals surface area contributed by atoms with E-state index < -0.39 is 12.1 Å². The molecule has 0 amide bonds. The van der Waals surface area contributed by atoms with E-state index in [1.54, 1.807) is 39.2 Å². The minimum absolute atomic E-state index is 0.0549. The van der Waals surface area contributed by atoms with Crippen molar-refractivity contribution in [3.63, 3.8) is 0 Å². The number of rotatable bonds is 9. The monoisotopic (exact) mass is 592 g/mol. The number of esters is 1. The number of para-hydroxylation sites is 1. The van der Waals surface area contributed by atoms with Crippen LogP contribution in [0.3, 0.4) is 0 Å².